The summed E-state index contributed by atoms with van der Waals surface area (Å²) in [4.78, 5) is 12.0. The summed E-state index contributed by atoms with van der Waals surface area (Å²) in [6.07, 6.45) is 1.14. The van der Waals surface area contributed by atoms with Crippen LogP contribution in [0.2, 0.25) is 0 Å². The summed E-state index contributed by atoms with van der Waals surface area (Å²) >= 11 is 0. The molecule has 1 aliphatic rings. The number of fused-ring (bicyclic) bond motifs is 1. The molecule has 1 atom stereocenters. The van der Waals surface area contributed by atoms with Crippen molar-refractivity contribution in [1.82, 2.24) is 10.0 Å². The Morgan fingerprint density at radius 3 is 2.50 bits per heavy atom. The van der Waals surface area contributed by atoms with Crippen LogP contribution in [0.25, 0.3) is 0 Å². The van der Waals surface area contributed by atoms with Crippen LogP contribution in [-0.2, 0) is 14.8 Å². The van der Waals surface area contributed by atoms with Crippen molar-refractivity contribution in [2.45, 2.75) is 37.6 Å². The molecule has 2 N–H and O–H groups in total. The van der Waals surface area contributed by atoms with Gasteiger partial charge in [-0.05, 0) is 24.5 Å². The number of ether oxygens (including phenoxy) is 2. The number of carbonyl (C=O) groups is 1. The van der Waals surface area contributed by atoms with Crippen LogP contribution in [0.15, 0.2) is 23.1 Å². The number of nitrogens with one attached hydrogen (secondary N) is 2. The van der Waals surface area contributed by atoms with Crippen LogP contribution in [0.5, 0.6) is 11.5 Å². The molecule has 7 nitrogen and oxygen atoms in total. The van der Waals surface area contributed by atoms with Gasteiger partial charge in [0.15, 0.2) is 11.5 Å². The number of amides is 1. The smallest absolute Gasteiger partial charge is 0.241 e. The highest BCUT2D eigenvalue weighted by molar-refractivity contribution is 7.89. The number of hydrogen-bond donors (Lipinski definition) is 2. The number of carbonyl (C=O) groups excluding carboxylic acids is 1. The monoisotopic (exact) mass is 356 g/mol. The van der Waals surface area contributed by atoms with E-state index in [4.69, 9.17) is 9.47 Å². The highest BCUT2D eigenvalue weighted by Gasteiger charge is 2.27. The third-order valence-corrected chi connectivity index (χ3v) is 5.07. The van der Waals surface area contributed by atoms with E-state index < -0.39 is 16.1 Å². The fourth-order valence-electron chi connectivity index (χ4n) is 2.42. The summed E-state index contributed by atoms with van der Waals surface area (Å²) in [5.41, 5.74) is 0. The Balaban J connectivity index is 2.25. The molecule has 1 aromatic carbocycles. The molecule has 0 spiro atoms. The minimum absolute atomic E-state index is 0.0457. The minimum Gasteiger partial charge on any atom is -0.490 e. The van der Waals surface area contributed by atoms with Gasteiger partial charge in [-0.25, -0.2) is 8.42 Å². The predicted octanol–water partition coefficient (Wildman–Crippen LogP) is 1.29. The Morgan fingerprint density at radius 1 is 1.21 bits per heavy atom. The Labute approximate surface area is 142 Å². The fourth-order valence-corrected chi connectivity index (χ4v) is 3.64. The first-order chi connectivity index (χ1) is 11.3. The van der Waals surface area contributed by atoms with Gasteiger partial charge in [0.05, 0.1) is 18.1 Å². The minimum atomic E-state index is -3.85. The van der Waals surface area contributed by atoms with E-state index in [9.17, 15) is 13.2 Å². The molecular weight excluding hydrogens is 332 g/mol. The molecule has 1 heterocycles. The maximum atomic E-state index is 12.6. The van der Waals surface area contributed by atoms with Crippen molar-refractivity contribution >= 4 is 15.9 Å². The number of benzene rings is 1. The van der Waals surface area contributed by atoms with E-state index >= 15 is 0 Å². The van der Waals surface area contributed by atoms with E-state index in [1.165, 1.54) is 19.2 Å². The van der Waals surface area contributed by atoms with Gasteiger partial charge in [0.2, 0.25) is 15.9 Å². The largest absolute Gasteiger partial charge is 0.490 e. The topological polar surface area (TPSA) is 93.7 Å². The van der Waals surface area contributed by atoms with Crippen LogP contribution in [0, 0.1) is 5.92 Å². The molecule has 0 saturated carbocycles. The molecule has 134 valence electrons. The maximum Gasteiger partial charge on any atom is 0.241 e. The van der Waals surface area contributed by atoms with Gasteiger partial charge in [0.1, 0.15) is 6.04 Å². The Bertz CT molecular complexity index is 688. The summed E-state index contributed by atoms with van der Waals surface area (Å²) in [7, 11) is -2.37. The molecular formula is C16H24N2O5S. The van der Waals surface area contributed by atoms with Crippen molar-refractivity contribution in [3.8, 4) is 11.5 Å². The van der Waals surface area contributed by atoms with Crippen LogP contribution in [0.3, 0.4) is 0 Å². The third kappa shape index (κ3) is 4.61. The number of sulfonamides is 1. The number of likely N-dealkylation sites (N-methyl/N-ethyl adjacent to an activating group) is 1. The molecule has 0 aromatic heterocycles. The summed E-state index contributed by atoms with van der Waals surface area (Å²) in [5.74, 6) is 0.729. The van der Waals surface area contributed by atoms with Crippen LogP contribution in [-0.4, -0.2) is 40.6 Å². The summed E-state index contributed by atoms with van der Waals surface area (Å²) in [6.45, 7) is 4.86. The maximum absolute atomic E-state index is 12.6. The van der Waals surface area contributed by atoms with Crippen LogP contribution >= 0.6 is 0 Å². The van der Waals surface area contributed by atoms with Crippen LogP contribution < -0.4 is 19.5 Å². The standard InChI is InChI=1S/C16H24N2O5S/c1-11(2)9-13(16(19)17-3)18-24(20,21)12-5-6-14-15(10-12)23-8-4-7-22-14/h5-6,10-11,13,18H,4,7-9H2,1-3H3,(H,17,19). The van der Waals surface area contributed by atoms with Gasteiger partial charge in [-0.15, -0.1) is 0 Å². The SMILES string of the molecule is CNC(=O)C(CC(C)C)NS(=O)(=O)c1ccc2c(c1)OCCCO2. The van der Waals surface area contributed by atoms with Gasteiger partial charge in [-0.3, -0.25) is 4.79 Å². The molecule has 0 fully saturated rings. The lowest BCUT2D eigenvalue weighted by Gasteiger charge is -2.19. The zero-order valence-electron chi connectivity index (χ0n) is 14.2. The summed E-state index contributed by atoms with van der Waals surface area (Å²) in [5, 5.41) is 2.49. The van der Waals surface area contributed by atoms with Crippen LogP contribution in [0.1, 0.15) is 26.7 Å². The van der Waals surface area contributed by atoms with Crippen molar-refractivity contribution < 1.29 is 22.7 Å². The molecule has 1 aromatic rings. The molecule has 1 unspecified atom stereocenters. The average molecular weight is 356 g/mol. The van der Waals surface area contributed by atoms with Crippen LogP contribution in [0.4, 0.5) is 0 Å². The van der Waals surface area contributed by atoms with E-state index in [1.54, 1.807) is 6.07 Å². The Kier molecular flexibility index (Phi) is 6.06. The van der Waals surface area contributed by atoms with Crippen molar-refractivity contribution in [3.05, 3.63) is 18.2 Å². The molecule has 2 rings (SSSR count). The van der Waals surface area contributed by atoms with Gasteiger partial charge in [-0.1, -0.05) is 13.8 Å². The first-order valence-electron chi connectivity index (χ1n) is 7.97. The Morgan fingerprint density at radius 2 is 1.88 bits per heavy atom. The molecule has 8 heteroatoms. The van der Waals surface area contributed by atoms with Crippen molar-refractivity contribution in [1.29, 1.82) is 0 Å². The molecule has 0 saturated heterocycles. The second kappa shape index (κ2) is 7.85. The first kappa shape index (κ1) is 18.5. The van der Waals surface area contributed by atoms with E-state index in [1.807, 2.05) is 13.8 Å². The lowest BCUT2D eigenvalue weighted by atomic mass is 10.0. The van der Waals surface area contributed by atoms with E-state index in [2.05, 4.69) is 10.0 Å². The first-order valence-corrected chi connectivity index (χ1v) is 9.45. The Hall–Kier alpha value is -1.80. The highest BCUT2D eigenvalue weighted by Crippen LogP contribution is 2.32. The molecule has 24 heavy (non-hydrogen) atoms. The molecule has 1 aliphatic heterocycles. The zero-order valence-corrected chi connectivity index (χ0v) is 15.0. The zero-order chi connectivity index (χ0) is 17.7. The van der Waals surface area contributed by atoms with Gasteiger partial charge < -0.3 is 14.8 Å². The lowest BCUT2D eigenvalue weighted by Crippen LogP contribution is -2.46. The van der Waals surface area contributed by atoms with Gasteiger partial charge in [0, 0.05) is 19.5 Å². The highest BCUT2D eigenvalue weighted by atomic mass is 32.2. The van der Waals surface area contributed by atoms with Crippen molar-refractivity contribution in [2.75, 3.05) is 20.3 Å². The second-order valence-corrected chi connectivity index (χ2v) is 7.79. The normalized spacial score (nSPS) is 15.7. The van der Waals surface area contributed by atoms with Crippen molar-refractivity contribution in [3.63, 3.8) is 0 Å². The number of rotatable bonds is 6. The van der Waals surface area contributed by atoms with Gasteiger partial charge in [-0.2, -0.15) is 4.72 Å². The number of hydrogen-bond acceptors (Lipinski definition) is 5. The molecule has 0 bridgehead atoms. The van der Waals surface area contributed by atoms with Gasteiger partial charge >= 0.3 is 0 Å². The van der Waals surface area contributed by atoms with E-state index in [0.29, 0.717) is 31.1 Å². The summed E-state index contributed by atoms with van der Waals surface area (Å²) in [6, 6.07) is 3.63. The lowest BCUT2D eigenvalue weighted by molar-refractivity contribution is -0.122. The summed E-state index contributed by atoms with van der Waals surface area (Å²) < 4.78 is 38.8. The average Bonchev–Trinajstić information content (AvgIpc) is 2.77. The predicted molar refractivity (Wildman–Crippen MR) is 89.7 cm³/mol. The quantitative estimate of drug-likeness (QED) is 0.801. The molecule has 0 aliphatic carbocycles. The van der Waals surface area contributed by atoms with Crippen molar-refractivity contribution in [2.24, 2.45) is 5.92 Å². The van der Waals surface area contributed by atoms with Gasteiger partial charge in [0.25, 0.3) is 0 Å². The van der Waals surface area contributed by atoms with E-state index in [0.717, 1.165) is 6.42 Å². The second-order valence-electron chi connectivity index (χ2n) is 6.08. The molecule has 0 radical (unpaired) electrons. The van der Waals surface area contributed by atoms with E-state index in [-0.39, 0.29) is 16.7 Å². The molecule has 1 amide bonds. The third-order valence-electron chi connectivity index (χ3n) is 3.60. The fraction of sp³-hybridized carbons (Fsp3) is 0.562.